The summed E-state index contributed by atoms with van der Waals surface area (Å²) in [6, 6.07) is 0. The predicted molar refractivity (Wildman–Crippen MR) is 40.9 cm³/mol. The van der Waals surface area contributed by atoms with Crippen molar-refractivity contribution in [3.63, 3.8) is 0 Å². The Labute approximate surface area is 107 Å². The summed E-state index contributed by atoms with van der Waals surface area (Å²) in [5, 5.41) is 19.0. The van der Waals surface area contributed by atoms with E-state index in [-0.39, 0.29) is 62.4 Å². The molecular weight excluding hydrogens is 231 g/mol. The van der Waals surface area contributed by atoms with Gasteiger partial charge in [0.1, 0.15) is 0 Å². The van der Waals surface area contributed by atoms with Crippen LogP contribution < -0.4 is 39.8 Å². The van der Waals surface area contributed by atoms with Crippen LogP contribution >= 0.6 is 0 Å². The summed E-state index contributed by atoms with van der Waals surface area (Å²) >= 11 is 0. The molecule has 0 aliphatic carbocycles. The van der Waals surface area contributed by atoms with Crippen molar-refractivity contribution in [2.24, 2.45) is 0 Å². The van der Waals surface area contributed by atoms with Gasteiger partial charge in [-0.05, 0) is 12.8 Å². The molecule has 0 amide bonds. The summed E-state index contributed by atoms with van der Waals surface area (Å²) in [6.45, 7) is 0. The maximum Gasteiger partial charge on any atom is 1.00 e. The van der Waals surface area contributed by atoms with Crippen LogP contribution in [0.25, 0.3) is 0 Å². The van der Waals surface area contributed by atoms with Gasteiger partial charge < -0.3 is 52.7 Å². The maximum absolute atomic E-state index is 9.50. The Morgan fingerprint density at radius 2 is 0.800 bits per heavy atom. The summed E-state index contributed by atoms with van der Waals surface area (Å²) in [7, 11) is 0. The first-order chi connectivity index (χ1) is 3.63. The molecule has 0 saturated carbocycles. The van der Waals surface area contributed by atoms with E-state index >= 15 is 0 Å². The van der Waals surface area contributed by atoms with Gasteiger partial charge >= 0.3 is 29.6 Å². The van der Waals surface area contributed by atoms with Crippen molar-refractivity contribution in [3.05, 3.63) is 0 Å². The molecule has 0 saturated heterocycles. The molecule has 0 radical (unpaired) electrons. The summed E-state index contributed by atoms with van der Waals surface area (Å²) < 4.78 is 0. The molecule has 0 aromatic carbocycles. The van der Waals surface area contributed by atoms with E-state index in [4.69, 9.17) is 0 Å². The smallest absolute Gasteiger partial charge is 0.550 e. The minimum Gasteiger partial charge on any atom is -0.550 e. The van der Waals surface area contributed by atoms with Gasteiger partial charge in [-0.1, -0.05) is 0 Å². The molecule has 11 heteroatoms. The van der Waals surface area contributed by atoms with E-state index in [0.717, 1.165) is 0 Å². The minimum absolute atomic E-state index is 0. The van der Waals surface area contributed by atoms with Crippen LogP contribution in [0.1, 0.15) is 12.8 Å². The average Bonchev–Trinajstić information content (AvgIpc) is 1.61. The minimum atomic E-state index is -1.37. The number of carboxylic acids is 2. The molecule has 10 nitrogen and oxygen atoms in total. The number of hydrogen-bond acceptors (Lipinski definition) is 4. The van der Waals surface area contributed by atoms with Crippen LogP contribution in [-0.2, 0) is 9.59 Å². The zero-order chi connectivity index (χ0) is 6.57. The monoisotopic (exact) mass is 247 g/mol. The molecule has 0 bridgehead atoms. The Balaban J connectivity index is -0.0000000117. The molecule has 0 spiro atoms. The summed E-state index contributed by atoms with van der Waals surface area (Å²) in [4.78, 5) is 19.0. The molecular formula is C4H16NaO10-. The molecule has 0 aliphatic heterocycles. The molecule has 94 valence electrons. The third-order valence-electron chi connectivity index (χ3n) is 0.533. The van der Waals surface area contributed by atoms with E-state index in [9.17, 15) is 19.8 Å². The van der Waals surface area contributed by atoms with Gasteiger partial charge in [0.25, 0.3) is 0 Å². The van der Waals surface area contributed by atoms with Crippen LogP contribution in [0.15, 0.2) is 0 Å². The van der Waals surface area contributed by atoms with Crippen molar-refractivity contribution in [1.82, 2.24) is 0 Å². The molecule has 0 aromatic rings. The summed E-state index contributed by atoms with van der Waals surface area (Å²) in [5.41, 5.74) is 0. The van der Waals surface area contributed by atoms with Gasteiger partial charge in [-0.3, -0.25) is 0 Å². The first-order valence-corrected chi connectivity index (χ1v) is 2.02. The van der Waals surface area contributed by atoms with E-state index in [0.29, 0.717) is 0 Å². The zero-order valence-corrected chi connectivity index (χ0v) is 10.0. The Bertz CT molecular complexity index is 102. The number of carbonyl (C=O) groups excluding carboxylic acids is 2. The second kappa shape index (κ2) is 37.3. The van der Waals surface area contributed by atoms with Gasteiger partial charge in [-0.15, -0.1) is 0 Å². The topological polar surface area (TPSA) is 269 Å². The molecule has 15 heavy (non-hydrogen) atoms. The van der Waals surface area contributed by atoms with Gasteiger partial charge in [-0.25, -0.2) is 0 Å². The molecule has 0 fully saturated rings. The quantitative estimate of drug-likeness (QED) is 0.438. The first kappa shape index (κ1) is 61.5. The van der Waals surface area contributed by atoms with E-state index in [2.05, 4.69) is 0 Å². The van der Waals surface area contributed by atoms with Gasteiger partial charge in [0, 0.05) is 11.9 Å². The number of carboxylic acid groups (broad SMARTS) is 2. The molecule has 0 unspecified atom stereocenters. The molecule has 0 rings (SSSR count). The Kier molecular flexibility index (Phi) is 153. The Hall–Kier alpha value is -0.300. The van der Waals surface area contributed by atoms with Gasteiger partial charge in [0.2, 0.25) is 0 Å². The number of rotatable bonds is 3. The Morgan fingerprint density at radius 3 is 0.867 bits per heavy atom. The average molecular weight is 247 g/mol. The summed E-state index contributed by atoms with van der Waals surface area (Å²) in [5.74, 6) is -2.73. The second-order valence-electron chi connectivity index (χ2n) is 1.24. The van der Waals surface area contributed by atoms with E-state index < -0.39 is 24.8 Å². The van der Waals surface area contributed by atoms with Crippen LogP contribution in [0.5, 0.6) is 0 Å². The molecule has 12 N–H and O–H groups in total. The third-order valence-corrected chi connectivity index (χ3v) is 0.533. The normalized spacial score (nSPS) is 4.53. The van der Waals surface area contributed by atoms with Crippen molar-refractivity contribution in [3.8, 4) is 0 Å². The Morgan fingerprint density at radius 1 is 0.667 bits per heavy atom. The van der Waals surface area contributed by atoms with E-state index in [1.54, 1.807) is 0 Å². The number of aliphatic carboxylic acids is 2. The number of hydrogen-bond donors (Lipinski definition) is 0. The van der Waals surface area contributed by atoms with Crippen LogP contribution in [0.4, 0.5) is 0 Å². The van der Waals surface area contributed by atoms with Crippen LogP contribution in [-0.4, -0.2) is 44.8 Å². The fourth-order valence-electron chi connectivity index (χ4n) is 0.204. The van der Waals surface area contributed by atoms with E-state index in [1.807, 2.05) is 0 Å². The second-order valence-corrected chi connectivity index (χ2v) is 1.24. The van der Waals surface area contributed by atoms with Gasteiger partial charge in [0.15, 0.2) is 0 Å². The standard InChI is InChI=1S/C4H6O4.Na.6H2O/c5-3(6)1-2-4(7)8;;;;;;;/h1-2H2,(H,5,6)(H,7,8);;6*1H2/q;+1;;;;;;/p-2. The van der Waals surface area contributed by atoms with Crippen molar-refractivity contribution in [2.75, 3.05) is 0 Å². The van der Waals surface area contributed by atoms with Gasteiger partial charge in [-0.2, -0.15) is 0 Å². The van der Waals surface area contributed by atoms with Crippen molar-refractivity contribution < 1.29 is 82.2 Å². The summed E-state index contributed by atoms with van der Waals surface area (Å²) in [6.07, 6.45) is -0.940. The van der Waals surface area contributed by atoms with Crippen LogP contribution in [0, 0.1) is 0 Å². The number of carbonyl (C=O) groups is 2. The zero-order valence-electron chi connectivity index (χ0n) is 8.05. The SMILES string of the molecule is O.O.O.O.O.O.O=C([O-])CCC(=O)[O-].[Na+]. The van der Waals surface area contributed by atoms with Gasteiger partial charge in [0.05, 0.1) is 0 Å². The van der Waals surface area contributed by atoms with Crippen molar-refractivity contribution >= 4 is 11.9 Å². The van der Waals surface area contributed by atoms with Crippen molar-refractivity contribution in [1.29, 1.82) is 0 Å². The first-order valence-electron chi connectivity index (χ1n) is 2.02. The molecule has 0 aromatic heterocycles. The van der Waals surface area contributed by atoms with Crippen LogP contribution in [0.3, 0.4) is 0 Å². The fraction of sp³-hybridized carbons (Fsp3) is 0.500. The molecule has 0 aliphatic rings. The maximum atomic E-state index is 9.50. The van der Waals surface area contributed by atoms with Crippen LogP contribution in [0.2, 0.25) is 0 Å². The fourth-order valence-corrected chi connectivity index (χ4v) is 0.204. The van der Waals surface area contributed by atoms with Crippen molar-refractivity contribution in [2.45, 2.75) is 12.8 Å². The van der Waals surface area contributed by atoms with E-state index in [1.165, 1.54) is 0 Å². The predicted octanol–water partition coefficient (Wildman–Crippen LogP) is -10.7. The molecule has 0 heterocycles. The molecule has 0 atom stereocenters. The largest absolute Gasteiger partial charge is 1.00 e. The third kappa shape index (κ3) is 84.9.